The predicted octanol–water partition coefficient (Wildman–Crippen LogP) is 2.25. The Labute approximate surface area is 152 Å². The number of amides is 2. The fourth-order valence-corrected chi connectivity index (χ4v) is 3.69. The van der Waals surface area contributed by atoms with Crippen molar-refractivity contribution in [2.75, 3.05) is 13.1 Å². The van der Waals surface area contributed by atoms with Gasteiger partial charge < -0.3 is 14.7 Å². The van der Waals surface area contributed by atoms with Gasteiger partial charge >= 0.3 is 12.1 Å². The van der Waals surface area contributed by atoms with E-state index < -0.39 is 24.1 Å². The summed E-state index contributed by atoms with van der Waals surface area (Å²) in [5, 5.41) is 9.39. The summed E-state index contributed by atoms with van der Waals surface area (Å²) >= 11 is 0. The van der Waals surface area contributed by atoms with Crippen LogP contribution >= 0.6 is 0 Å². The molecular weight excluding hydrogens is 336 g/mol. The number of carbonyl (C=O) groups excluding carboxylic acids is 2. The van der Waals surface area contributed by atoms with Gasteiger partial charge in [-0.2, -0.15) is 0 Å². The van der Waals surface area contributed by atoms with Crippen molar-refractivity contribution < 1.29 is 24.2 Å². The number of nitrogens with zero attached hydrogens (tertiary/aromatic N) is 2. The van der Waals surface area contributed by atoms with Crippen LogP contribution < -0.4 is 0 Å². The zero-order chi connectivity index (χ0) is 18.5. The molecule has 2 aliphatic heterocycles. The number of ether oxygens (including phenoxy) is 1. The molecule has 1 aromatic rings. The Morgan fingerprint density at radius 2 is 1.65 bits per heavy atom. The van der Waals surface area contributed by atoms with Crippen LogP contribution in [-0.4, -0.2) is 58.0 Å². The minimum Gasteiger partial charge on any atom is -0.480 e. The van der Waals surface area contributed by atoms with Crippen molar-refractivity contribution in [2.24, 2.45) is 0 Å². The Morgan fingerprint density at radius 3 is 2.38 bits per heavy atom. The van der Waals surface area contributed by atoms with Crippen molar-refractivity contribution in [3.63, 3.8) is 0 Å². The van der Waals surface area contributed by atoms with Crippen molar-refractivity contribution in [3.8, 4) is 0 Å². The van der Waals surface area contributed by atoms with E-state index in [9.17, 15) is 19.5 Å². The van der Waals surface area contributed by atoms with Crippen molar-refractivity contribution >= 4 is 18.0 Å². The molecular formula is C19H24N2O5. The first-order chi connectivity index (χ1) is 12.6. The second-order valence-electron chi connectivity index (χ2n) is 6.77. The fourth-order valence-electron chi connectivity index (χ4n) is 3.69. The van der Waals surface area contributed by atoms with Gasteiger partial charge in [0.25, 0.3) is 0 Å². The van der Waals surface area contributed by atoms with E-state index in [1.807, 2.05) is 30.3 Å². The third-order valence-corrected chi connectivity index (χ3v) is 5.05. The third-order valence-electron chi connectivity index (χ3n) is 5.05. The second-order valence-corrected chi connectivity index (χ2v) is 6.77. The van der Waals surface area contributed by atoms with Crippen molar-refractivity contribution in [1.29, 1.82) is 0 Å². The van der Waals surface area contributed by atoms with Crippen LogP contribution in [0.2, 0.25) is 0 Å². The molecule has 26 heavy (non-hydrogen) atoms. The molecule has 3 rings (SSSR count). The zero-order valence-corrected chi connectivity index (χ0v) is 14.7. The van der Waals surface area contributed by atoms with Crippen LogP contribution in [0.1, 0.15) is 37.7 Å². The Hall–Kier alpha value is -2.57. The van der Waals surface area contributed by atoms with E-state index in [4.69, 9.17) is 4.74 Å². The van der Waals surface area contributed by atoms with Crippen LogP contribution in [-0.2, 0) is 20.9 Å². The Kier molecular flexibility index (Phi) is 5.75. The summed E-state index contributed by atoms with van der Waals surface area (Å²) < 4.78 is 5.35. The SMILES string of the molecule is O=C(O)C1CCCCN1C(=O)C1CCCN1C(=O)OCc1ccccc1. The largest absolute Gasteiger partial charge is 0.480 e. The number of hydrogen-bond acceptors (Lipinski definition) is 4. The standard InChI is InChI=1S/C19H24N2O5/c22-17(20-11-5-4-9-16(20)18(23)24)15-10-6-12-21(15)19(25)26-13-14-7-2-1-3-8-14/h1-3,7-8,15-16H,4-6,9-13H2,(H,23,24). The van der Waals surface area contributed by atoms with E-state index in [1.54, 1.807) is 0 Å². The molecule has 7 heteroatoms. The van der Waals surface area contributed by atoms with E-state index in [-0.39, 0.29) is 12.5 Å². The van der Waals surface area contributed by atoms with Crippen LogP contribution in [0.4, 0.5) is 4.79 Å². The van der Waals surface area contributed by atoms with Crippen molar-refractivity contribution in [1.82, 2.24) is 9.80 Å². The van der Waals surface area contributed by atoms with Crippen LogP contribution in [0.5, 0.6) is 0 Å². The smallest absolute Gasteiger partial charge is 0.410 e. The highest BCUT2D eigenvalue weighted by atomic mass is 16.6. The van der Waals surface area contributed by atoms with Gasteiger partial charge in [0.1, 0.15) is 18.7 Å². The molecule has 0 bridgehead atoms. The molecule has 0 aliphatic carbocycles. The van der Waals surface area contributed by atoms with Gasteiger partial charge in [0.05, 0.1) is 0 Å². The van der Waals surface area contributed by atoms with Gasteiger partial charge in [0.2, 0.25) is 5.91 Å². The molecule has 0 radical (unpaired) electrons. The molecule has 2 saturated heterocycles. The normalized spacial score (nSPS) is 22.9. The monoisotopic (exact) mass is 360 g/mol. The van der Waals surface area contributed by atoms with Gasteiger partial charge in [0.15, 0.2) is 0 Å². The topological polar surface area (TPSA) is 87.2 Å². The summed E-state index contributed by atoms with van der Waals surface area (Å²) in [6.07, 6.45) is 2.79. The molecule has 2 amide bonds. The van der Waals surface area contributed by atoms with Crippen LogP contribution in [0.15, 0.2) is 30.3 Å². The summed E-state index contributed by atoms with van der Waals surface area (Å²) in [5.41, 5.74) is 0.880. The van der Waals surface area contributed by atoms with Gasteiger partial charge in [-0.3, -0.25) is 9.69 Å². The Morgan fingerprint density at radius 1 is 0.962 bits per heavy atom. The summed E-state index contributed by atoms with van der Waals surface area (Å²) in [6.45, 7) is 1.04. The first kappa shape index (κ1) is 18.2. The number of benzene rings is 1. The molecule has 2 heterocycles. The molecule has 2 aliphatic rings. The average Bonchev–Trinajstić information content (AvgIpc) is 3.16. The third kappa shape index (κ3) is 3.98. The van der Waals surface area contributed by atoms with Gasteiger partial charge in [-0.15, -0.1) is 0 Å². The highest BCUT2D eigenvalue weighted by molar-refractivity contribution is 5.89. The number of likely N-dealkylation sites (tertiary alicyclic amines) is 2. The van der Waals surface area contributed by atoms with Crippen LogP contribution in [0, 0.1) is 0 Å². The minimum atomic E-state index is -0.978. The van der Waals surface area contributed by atoms with Gasteiger partial charge in [-0.25, -0.2) is 9.59 Å². The summed E-state index contributed by atoms with van der Waals surface area (Å²) in [7, 11) is 0. The van der Waals surface area contributed by atoms with Gasteiger partial charge in [-0.05, 0) is 37.7 Å². The first-order valence-electron chi connectivity index (χ1n) is 9.08. The van der Waals surface area contributed by atoms with E-state index in [0.717, 1.165) is 18.4 Å². The molecule has 0 aromatic heterocycles. The molecule has 2 atom stereocenters. The summed E-state index contributed by atoms with van der Waals surface area (Å²) in [4.78, 5) is 39.7. The van der Waals surface area contributed by atoms with Gasteiger partial charge in [0, 0.05) is 13.1 Å². The number of aliphatic carboxylic acids is 1. The Bertz CT molecular complexity index is 663. The molecule has 2 unspecified atom stereocenters. The maximum absolute atomic E-state index is 12.9. The van der Waals surface area contributed by atoms with Crippen LogP contribution in [0.25, 0.3) is 0 Å². The molecule has 1 aromatic carbocycles. The molecule has 0 saturated carbocycles. The van der Waals surface area contributed by atoms with E-state index >= 15 is 0 Å². The predicted molar refractivity (Wildman–Crippen MR) is 93.3 cm³/mol. The first-order valence-corrected chi connectivity index (χ1v) is 9.08. The van der Waals surface area contributed by atoms with Crippen molar-refractivity contribution in [2.45, 2.75) is 50.8 Å². The number of rotatable bonds is 4. The number of hydrogen-bond donors (Lipinski definition) is 1. The quantitative estimate of drug-likeness (QED) is 0.890. The minimum absolute atomic E-state index is 0.151. The van der Waals surface area contributed by atoms with Gasteiger partial charge in [-0.1, -0.05) is 30.3 Å². The molecule has 140 valence electrons. The van der Waals surface area contributed by atoms with Crippen molar-refractivity contribution in [3.05, 3.63) is 35.9 Å². The molecule has 0 spiro atoms. The van der Waals surface area contributed by atoms with E-state index in [2.05, 4.69) is 0 Å². The average molecular weight is 360 g/mol. The lowest BCUT2D eigenvalue weighted by molar-refractivity contribution is -0.153. The molecule has 1 N–H and O–H groups in total. The molecule has 2 fully saturated rings. The number of piperidine rings is 1. The van der Waals surface area contributed by atoms with Crippen LogP contribution in [0.3, 0.4) is 0 Å². The number of carboxylic acid groups (broad SMARTS) is 1. The van der Waals surface area contributed by atoms with E-state index in [1.165, 1.54) is 9.80 Å². The highest BCUT2D eigenvalue weighted by Gasteiger charge is 2.41. The number of carboxylic acids is 1. The lowest BCUT2D eigenvalue weighted by Gasteiger charge is -2.36. The molecule has 7 nitrogen and oxygen atoms in total. The highest BCUT2D eigenvalue weighted by Crippen LogP contribution is 2.25. The second kappa shape index (κ2) is 8.21. The van der Waals surface area contributed by atoms with E-state index in [0.29, 0.717) is 32.4 Å². The maximum Gasteiger partial charge on any atom is 0.410 e. The lowest BCUT2D eigenvalue weighted by Crippen LogP contribution is -2.54. The lowest BCUT2D eigenvalue weighted by atomic mass is 10.0. The summed E-state index contributed by atoms with van der Waals surface area (Å²) in [6, 6.07) is 7.94. The number of carbonyl (C=O) groups is 3. The maximum atomic E-state index is 12.9. The Balaban J connectivity index is 1.64. The zero-order valence-electron chi connectivity index (χ0n) is 14.7. The summed E-state index contributed by atoms with van der Waals surface area (Å²) in [5.74, 6) is -1.25. The fraction of sp³-hybridized carbons (Fsp3) is 0.526.